The van der Waals surface area contributed by atoms with Crippen molar-refractivity contribution in [2.45, 2.75) is 83.1 Å². The predicted octanol–water partition coefficient (Wildman–Crippen LogP) is 16.6. The summed E-state index contributed by atoms with van der Waals surface area (Å²) in [5.41, 5.74) is 14.1. The third kappa shape index (κ3) is 14.0. The summed E-state index contributed by atoms with van der Waals surface area (Å²) in [4.78, 5) is 0. The molecule has 0 amide bonds. The zero-order chi connectivity index (χ0) is 42.8. The van der Waals surface area contributed by atoms with E-state index in [2.05, 4.69) is 241 Å². The molecule has 306 valence electrons. The number of allylic oxidation sites excluding steroid dienone is 9. The first-order valence-electron chi connectivity index (χ1n) is 21.4. The van der Waals surface area contributed by atoms with Gasteiger partial charge in [0.1, 0.15) is 0 Å². The molecule has 0 N–H and O–H groups in total. The Morgan fingerprint density at radius 3 is 1.78 bits per heavy atom. The predicted molar refractivity (Wildman–Crippen MR) is 267 cm³/mol. The van der Waals surface area contributed by atoms with Crippen molar-refractivity contribution < 1.29 is 0 Å². The summed E-state index contributed by atoms with van der Waals surface area (Å²) in [5, 5.41) is 0.489. The van der Waals surface area contributed by atoms with Gasteiger partial charge in [-0.05, 0) is 89.3 Å². The molecule has 0 saturated carbocycles. The maximum atomic E-state index is 3.56. The van der Waals surface area contributed by atoms with Crippen LogP contribution in [0.5, 0.6) is 0 Å². The van der Waals surface area contributed by atoms with Gasteiger partial charge in [-0.1, -0.05) is 240 Å². The summed E-state index contributed by atoms with van der Waals surface area (Å²) in [6.45, 7) is 18.9. The molecule has 1 unspecified atom stereocenters. The minimum Gasteiger partial charge on any atom is -0.145 e. The molecule has 0 nitrogen and oxygen atoms in total. The summed E-state index contributed by atoms with van der Waals surface area (Å²) in [6.07, 6.45) is 18.2. The Bertz CT molecular complexity index is 2320. The van der Waals surface area contributed by atoms with Crippen molar-refractivity contribution in [3.8, 4) is 11.1 Å². The highest BCUT2D eigenvalue weighted by Gasteiger charge is 2.34. The maximum Gasteiger partial charge on any atom is 0.0417 e. The molecule has 0 saturated heterocycles. The van der Waals surface area contributed by atoms with Crippen molar-refractivity contribution in [2.75, 3.05) is 0 Å². The molecule has 0 bridgehead atoms. The molecule has 60 heavy (non-hydrogen) atoms. The van der Waals surface area contributed by atoms with Crippen LogP contribution in [0.1, 0.15) is 82.7 Å². The second-order valence-corrected chi connectivity index (χ2v) is 18.0. The first kappa shape index (κ1) is 45.5. The Labute approximate surface area is 367 Å². The van der Waals surface area contributed by atoms with E-state index in [4.69, 9.17) is 0 Å². The summed E-state index contributed by atoms with van der Waals surface area (Å²) in [5.74, 6) is 1.01. The zero-order valence-corrected chi connectivity index (χ0v) is 37.8. The van der Waals surface area contributed by atoms with Gasteiger partial charge in [0.25, 0.3) is 0 Å². The molecular formula is C59H64S. The van der Waals surface area contributed by atoms with Crippen LogP contribution in [0.3, 0.4) is 0 Å². The lowest BCUT2D eigenvalue weighted by Crippen LogP contribution is -2.28. The third-order valence-corrected chi connectivity index (χ3v) is 11.9. The van der Waals surface area contributed by atoms with Crippen molar-refractivity contribution in [3.05, 3.63) is 257 Å². The first-order chi connectivity index (χ1) is 29.0. The Hall–Kier alpha value is -5.63. The first-order valence-corrected chi connectivity index (χ1v) is 22.4. The average molecular weight is 805 g/mol. The molecule has 2 aliphatic carbocycles. The summed E-state index contributed by atoms with van der Waals surface area (Å²) >= 11 is 1.97. The second kappa shape index (κ2) is 22.7. The van der Waals surface area contributed by atoms with E-state index >= 15 is 0 Å². The number of hydrogen-bond acceptors (Lipinski definition) is 1. The minimum atomic E-state index is -0.107. The maximum absolute atomic E-state index is 3.56. The smallest absolute Gasteiger partial charge is 0.0417 e. The van der Waals surface area contributed by atoms with Gasteiger partial charge in [-0.25, -0.2) is 0 Å². The minimum absolute atomic E-state index is 0.0460. The Balaban J connectivity index is 0.000000493. The van der Waals surface area contributed by atoms with Crippen molar-refractivity contribution in [1.82, 2.24) is 0 Å². The monoisotopic (exact) mass is 804 g/mol. The molecule has 5 aromatic carbocycles. The van der Waals surface area contributed by atoms with Crippen LogP contribution < -0.4 is 0 Å². The Morgan fingerprint density at radius 1 is 0.683 bits per heavy atom. The lowest BCUT2D eigenvalue weighted by molar-refractivity contribution is 0.529. The van der Waals surface area contributed by atoms with Gasteiger partial charge in [0.15, 0.2) is 0 Å². The highest BCUT2D eigenvalue weighted by molar-refractivity contribution is 7.99. The fourth-order valence-corrected chi connectivity index (χ4v) is 8.21. The van der Waals surface area contributed by atoms with E-state index in [1.807, 2.05) is 31.7 Å². The number of benzene rings is 4. The lowest BCUT2D eigenvalue weighted by Gasteiger charge is -2.38. The topological polar surface area (TPSA) is 0 Å². The van der Waals surface area contributed by atoms with Gasteiger partial charge in [0.2, 0.25) is 0 Å². The van der Waals surface area contributed by atoms with Crippen LogP contribution >= 0.6 is 11.8 Å². The lowest BCUT2D eigenvalue weighted by atomic mass is 9.66. The van der Waals surface area contributed by atoms with E-state index in [9.17, 15) is 0 Å². The molecule has 0 fully saturated rings. The molecule has 1 atom stereocenters. The fraction of sp³-hybridized carbons (Fsp3) is 0.220. The molecule has 7 rings (SSSR count). The highest BCUT2D eigenvalue weighted by Crippen LogP contribution is 2.45. The summed E-state index contributed by atoms with van der Waals surface area (Å²) < 4.78 is 0. The molecular weight excluding hydrogens is 741 g/mol. The molecule has 2 aliphatic rings. The van der Waals surface area contributed by atoms with Crippen LogP contribution in [0, 0.1) is 0 Å². The normalized spacial score (nSPS) is 15.9. The van der Waals surface area contributed by atoms with Gasteiger partial charge in [-0.3, -0.25) is 0 Å². The highest BCUT2D eigenvalue weighted by atomic mass is 32.2. The summed E-state index contributed by atoms with van der Waals surface area (Å²) in [7, 11) is 0. The van der Waals surface area contributed by atoms with Crippen LogP contribution in [0.15, 0.2) is 230 Å². The van der Waals surface area contributed by atoms with E-state index in [-0.39, 0.29) is 10.8 Å². The van der Waals surface area contributed by atoms with Crippen LogP contribution in [-0.2, 0) is 23.0 Å². The van der Waals surface area contributed by atoms with E-state index in [0.29, 0.717) is 5.25 Å². The molecule has 0 aliphatic heterocycles. The Kier molecular flexibility index (Phi) is 17.2. The standard InChI is InChI=1S/C47H46S.C8H10.C4H8/c1-36(30-41(38-18-11-8-12-19-38)32-46(2,3)43-21-14-9-15-22-43)42-33-47(4,34-42)44-23-13-7-5-6-10-20-40(31-44)39-28-26-37(27-29-39)35-48-45-24-16-17-25-45;1-2-8-6-4-3-5-7-8;1-4(2)3/h5-33,45H,34-35H2,1-4H3;3-7H,2H2,1H3;1H2,2-3H3/b6-5?,7-5?,10-6?,13-7?,20-10?,23-13?,36-30+,40-20?,40-31?,41-32+,44-23?,44-31?;;. The third-order valence-electron chi connectivity index (χ3n) is 10.7. The van der Waals surface area contributed by atoms with Crippen molar-refractivity contribution in [3.63, 3.8) is 0 Å². The largest absolute Gasteiger partial charge is 0.145 e. The van der Waals surface area contributed by atoms with Crippen LogP contribution in [0.25, 0.3) is 16.7 Å². The fourth-order valence-electron chi connectivity index (χ4n) is 7.23. The molecule has 0 heterocycles. The number of hydrogen-bond donors (Lipinski definition) is 0. The summed E-state index contributed by atoms with van der Waals surface area (Å²) in [6, 6.07) is 58.7. The van der Waals surface area contributed by atoms with Gasteiger partial charge < -0.3 is 0 Å². The average Bonchev–Trinajstić information content (AvgIpc) is 3.78. The molecule has 1 heteroatoms. The van der Waals surface area contributed by atoms with Gasteiger partial charge in [0, 0.05) is 21.8 Å². The van der Waals surface area contributed by atoms with E-state index in [0.717, 1.165) is 18.6 Å². The second-order valence-electron chi connectivity index (χ2n) is 16.8. The zero-order valence-electron chi connectivity index (χ0n) is 36.9. The van der Waals surface area contributed by atoms with Crippen LogP contribution in [0.2, 0.25) is 0 Å². The van der Waals surface area contributed by atoms with E-state index in [1.165, 1.54) is 61.2 Å². The van der Waals surface area contributed by atoms with Gasteiger partial charge in [-0.2, -0.15) is 0 Å². The van der Waals surface area contributed by atoms with Gasteiger partial charge in [0.05, 0.1) is 0 Å². The SMILES string of the molecule is C/C(=C\C(=C/C(C)(C)c1ccccc1)c1ccccc1)C1=CC(C)(c2cccccccc(-c3ccc(CSC4C=CC=C4)cc3)c2)C1.C=C(C)C.CCc1ccccc1. The van der Waals surface area contributed by atoms with Crippen molar-refractivity contribution >= 4 is 17.3 Å². The quantitative estimate of drug-likeness (QED) is 0.0947. The Morgan fingerprint density at radius 2 is 1.20 bits per heavy atom. The number of rotatable bonds is 11. The number of thioether (sulfide) groups is 1. The van der Waals surface area contributed by atoms with Crippen LogP contribution in [0.4, 0.5) is 0 Å². The van der Waals surface area contributed by atoms with Gasteiger partial charge in [-0.15, -0.1) is 18.3 Å². The van der Waals surface area contributed by atoms with Gasteiger partial charge >= 0.3 is 0 Å². The number of aryl methyl sites for hydroxylation is 1. The molecule has 0 spiro atoms. The van der Waals surface area contributed by atoms with E-state index < -0.39 is 0 Å². The van der Waals surface area contributed by atoms with Crippen molar-refractivity contribution in [1.29, 1.82) is 0 Å². The van der Waals surface area contributed by atoms with Crippen LogP contribution in [-0.4, -0.2) is 5.25 Å². The van der Waals surface area contributed by atoms with E-state index in [1.54, 1.807) is 0 Å². The van der Waals surface area contributed by atoms with Crippen molar-refractivity contribution in [2.24, 2.45) is 0 Å². The molecule has 0 radical (unpaired) electrons. The molecule has 0 aromatic heterocycles. The molecule has 5 aromatic rings.